The molecule has 0 aliphatic heterocycles. The number of pyridine rings is 1. The molecule has 0 saturated carbocycles. The monoisotopic (exact) mass is 366 g/mol. The summed E-state index contributed by atoms with van der Waals surface area (Å²) in [5, 5.41) is 2.17. The fourth-order valence-corrected chi connectivity index (χ4v) is 3.04. The molecule has 0 aromatic carbocycles. The van der Waals surface area contributed by atoms with Crippen LogP contribution < -0.4 is 10.9 Å². The SMILES string of the molecule is CC(C)(C)CC(C)(C)NC(=O)Cn1cc(C(F)(F)F)cc(Cl)c1=O. The van der Waals surface area contributed by atoms with Crippen LogP contribution in [-0.4, -0.2) is 16.0 Å². The zero-order chi connectivity index (χ0) is 18.9. The smallest absolute Gasteiger partial charge is 0.350 e. The molecule has 8 heteroatoms. The highest BCUT2D eigenvalue weighted by molar-refractivity contribution is 6.30. The molecule has 4 nitrogen and oxygen atoms in total. The Labute approximate surface area is 144 Å². The van der Waals surface area contributed by atoms with E-state index in [1.54, 1.807) is 0 Å². The third-order valence-corrected chi connectivity index (χ3v) is 3.40. The van der Waals surface area contributed by atoms with E-state index in [0.717, 1.165) is 0 Å². The second-order valence-corrected chi connectivity index (χ2v) is 8.08. The van der Waals surface area contributed by atoms with Crippen molar-refractivity contribution < 1.29 is 18.0 Å². The summed E-state index contributed by atoms with van der Waals surface area (Å²) in [6.45, 7) is 9.14. The van der Waals surface area contributed by atoms with Gasteiger partial charge in [0, 0.05) is 11.7 Å². The number of hydrogen-bond acceptors (Lipinski definition) is 2. The standard InChI is InChI=1S/C16H22ClF3N2O2/c1-14(2,3)9-15(4,5)21-12(23)8-22-7-10(16(18,19)20)6-11(17)13(22)24/h6-7H,8-9H2,1-5H3,(H,21,23). The average molecular weight is 367 g/mol. The minimum Gasteiger partial charge on any atom is -0.350 e. The van der Waals surface area contributed by atoms with Gasteiger partial charge in [-0.1, -0.05) is 32.4 Å². The predicted octanol–water partition coefficient (Wildman–Crippen LogP) is 3.85. The number of rotatable bonds is 4. The number of alkyl halides is 3. The van der Waals surface area contributed by atoms with E-state index in [4.69, 9.17) is 11.6 Å². The van der Waals surface area contributed by atoms with Crippen molar-refractivity contribution >= 4 is 17.5 Å². The number of halogens is 4. The van der Waals surface area contributed by atoms with Gasteiger partial charge in [0.05, 0.1) is 5.56 Å². The Morgan fingerprint density at radius 2 is 1.75 bits per heavy atom. The van der Waals surface area contributed by atoms with Crippen LogP contribution in [0.2, 0.25) is 5.02 Å². The van der Waals surface area contributed by atoms with Gasteiger partial charge in [0.2, 0.25) is 5.91 Å². The van der Waals surface area contributed by atoms with Crippen LogP contribution >= 0.6 is 11.6 Å². The highest BCUT2D eigenvalue weighted by Crippen LogP contribution is 2.30. The van der Waals surface area contributed by atoms with Gasteiger partial charge in [-0.3, -0.25) is 9.59 Å². The van der Waals surface area contributed by atoms with Crippen molar-refractivity contribution in [1.29, 1.82) is 0 Å². The molecular formula is C16H22ClF3N2O2. The fraction of sp³-hybridized carbons (Fsp3) is 0.625. The quantitative estimate of drug-likeness (QED) is 0.879. The van der Waals surface area contributed by atoms with Crippen molar-refractivity contribution in [3.05, 3.63) is 33.2 Å². The lowest BCUT2D eigenvalue weighted by Gasteiger charge is -2.33. The van der Waals surface area contributed by atoms with Crippen LogP contribution in [0.3, 0.4) is 0 Å². The highest BCUT2D eigenvalue weighted by Gasteiger charge is 2.32. The highest BCUT2D eigenvalue weighted by atomic mass is 35.5. The summed E-state index contributed by atoms with van der Waals surface area (Å²) in [4.78, 5) is 24.0. The first kappa shape index (κ1) is 20.5. The van der Waals surface area contributed by atoms with Crippen LogP contribution in [-0.2, 0) is 17.5 Å². The normalized spacial score (nSPS) is 13.0. The molecule has 0 atom stereocenters. The van der Waals surface area contributed by atoms with E-state index in [0.29, 0.717) is 23.3 Å². The van der Waals surface area contributed by atoms with Crippen molar-refractivity contribution in [2.45, 2.75) is 59.3 Å². The van der Waals surface area contributed by atoms with E-state index in [1.807, 2.05) is 34.6 Å². The van der Waals surface area contributed by atoms with Crippen LogP contribution in [0.4, 0.5) is 13.2 Å². The maximum atomic E-state index is 12.8. The Morgan fingerprint density at radius 1 is 1.21 bits per heavy atom. The Morgan fingerprint density at radius 3 is 2.21 bits per heavy atom. The van der Waals surface area contributed by atoms with Crippen LogP contribution in [0.5, 0.6) is 0 Å². The Hall–Kier alpha value is -1.50. The van der Waals surface area contributed by atoms with Crippen molar-refractivity contribution in [1.82, 2.24) is 9.88 Å². The number of nitrogens with zero attached hydrogens (tertiary/aromatic N) is 1. The van der Waals surface area contributed by atoms with Crippen LogP contribution in [0.1, 0.15) is 46.6 Å². The van der Waals surface area contributed by atoms with E-state index in [9.17, 15) is 22.8 Å². The second kappa shape index (κ2) is 6.78. The summed E-state index contributed by atoms with van der Waals surface area (Å²) in [5.41, 5.74) is -2.53. The average Bonchev–Trinajstić information content (AvgIpc) is 2.29. The van der Waals surface area contributed by atoms with Gasteiger partial charge in [-0.25, -0.2) is 0 Å². The van der Waals surface area contributed by atoms with Crippen molar-refractivity contribution in [3.8, 4) is 0 Å². The lowest BCUT2D eigenvalue weighted by molar-refractivity contribution is -0.138. The Bertz CT molecular complexity index is 673. The molecule has 0 bridgehead atoms. The van der Waals surface area contributed by atoms with Gasteiger partial charge < -0.3 is 9.88 Å². The lowest BCUT2D eigenvalue weighted by atomic mass is 9.82. The van der Waals surface area contributed by atoms with Crippen molar-refractivity contribution in [3.63, 3.8) is 0 Å². The molecule has 24 heavy (non-hydrogen) atoms. The fourth-order valence-electron chi connectivity index (χ4n) is 2.81. The first-order valence-electron chi connectivity index (χ1n) is 7.39. The molecule has 0 aliphatic rings. The van der Waals surface area contributed by atoms with Crippen LogP contribution in [0.15, 0.2) is 17.1 Å². The van der Waals surface area contributed by atoms with E-state index in [1.165, 1.54) is 0 Å². The lowest BCUT2D eigenvalue weighted by Crippen LogP contribution is -2.47. The molecule has 0 spiro atoms. The third kappa shape index (κ3) is 6.19. The van der Waals surface area contributed by atoms with Crippen LogP contribution in [0.25, 0.3) is 0 Å². The second-order valence-electron chi connectivity index (χ2n) is 7.68. The first-order chi connectivity index (χ1) is 10.6. The summed E-state index contributed by atoms with van der Waals surface area (Å²) in [7, 11) is 0. The largest absolute Gasteiger partial charge is 0.417 e. The molecule has 0 aliphatic carbocycles. The Kier molecular flexibility index (Phi) is 5.81. The van der Waals surface area contributed by atoms with Crippen molar-refractivity contribution in [2.24, 2.45) is 5.41 Å². The molecule has 1 aromatic rings. The number of carbonyl (C=O) groups excluding carboxylic acids is 1. The zero-order valence-corrected chi connectivity index (χ0v) is 15.1. The van der Waals surface area contributed by atoms with Gasteiger partial charge in [-0.05, 0) is 31.7 Å². The maximum Gasteiger partial charge on any atom is 0.417 e. The number of aromatic nitrogens is 1. The van der Waals surface area contributed by atoms with E-state index in [-0.39, 0.29) is 5.41 Å². The van der Waals surface area contributed by atoms with E-state index in [2.05, 4.69) is 5.32 Å². The summed E-state index contributed by atoms with van der Waals surface area (Å²) in [6.07, 6.45) is -3.39. The summed E-state index contributed by atoms with van der Waals surface area (Å²) >= 11 is 5.56. The molecule has 0 fully saturated rings. The number of nitrogens with one attached hydrogen (secondary N) is 1. The van der Waals surface area contributed by atoms with Gasteiger partial charge in [-0.2, -0.15) is 13.2 Å². The summed E-state index contributed by atoms with van der Waals surface area (Å²) < 4.78 is 39.1. The topological polar surface area (TPSA) is 51.1 Å². The van der Waals surface area contributed by atoms with Crippen molar-refractivity contribution in [2.75, 3.05) is 0 Å². The molecule has 1 heterocycles. The Balaban J connectivity index is 2.99. The maximum absolute atomic E-state index is 12.8. The molecule has 1 aromatic heterocycles. The van der Waals surface area contributed by atoms with Gasteiger partial charge in [0.1, 0.15) is 11.6 Å². The summed E-state index contributed by atoms with van der Waals surface area (Å²) in [5.74, 6) is -0.554. The third-order valence-electron chi connectivity index (χ3n) is 3.13. The molecule has 0 saturated heterocycles. The predicted molar refractivity (Wildman–Crippen MR) is 87.0 cm³/mol. The minimum absolute atomic E-state index is 0.0485. The molecule has 1 rings (SSSR count). The molecule has 0 radical (unpaired) electrons. The van der Waals surface area contributed by atoms with Gasteiger partial charge in [0.15, 0.2) is 0 Å². The van der Waals surface area contributed by atoms with E-state index >= 15 is 0 Å². The minimum atomic E-state index is -4.65. The first-order valence-corrected chi connectivity index (χ1v) is 7.77. The zero-order valence-electron chi connectivity index (χ0n) is 14.3. The van der Waals surface area contributed by atoms with Gasteiger partial charge >= 0.3 is 6.18 Å². The van der Waals surface area contributed by atoms with Gasteiger partial charge in [0.25, 0.3) is 5.56 Å². The molecule has 0 unspecified atom stereocenters. The summed E-state index contributed by atoms with van der Waals surface area (Å²) in [6, 6.07) is 0.557. The van der Waals surface area contributed by atoms with Crippen LogP contribution in [0, 0.1) is 5.41 Å². The molecular weight excluding hydrogens is 345 g/mol. The number of hydrogen-bond donors (Lipinski definition) is 1. The van der Waals surface area contributed by atoms with Gasteiger partial charge in [-0.15, -0.1) is 0 Å². The number of amides is 1. The van der Waals surface area contributed by atoms with E-state index < -0.39 is 40.3 Å². The molecule has 1 amide bonds. The molecule has 136 valence electrons. The molecule has 1 N–H and O–H groups in total. The number of carbonyl (C=O) groups is 1.